The van der Waals surface area contributed by atoms with E-state index in [-0.39, 0.29) is 29.7 Å². The van der Waals surface area contributed by atoms with Crippen molar-refractivity contribution in [1.82, 2.24) is 0 Å². The van der Waals surface area contributed by atoms with E-state index in [1.54, 1.807) is 0 Å². The highest BCUT2D eigenvalue weighted by Gasteiger charge is 2.32. The lowest BCUT2D eigenvalue weighted by Crippen LogP contribution is -2.25. The van der Waals surface area contributed by atoms with Gasteiger partial charge in [0.1, 0.15) is 6.54 Å². The van der Waals surface area contributed by atoms with Gasteiger partial charge in [-0.25, -0.2) is 13.8 Å². The van der Waals surface area contributed by atoms with E-state index in [9.17, 15) is 22.0 Å². The minimum atomic E-state index is -4.87. The van der Waals surface area contributed by atoms with Crippen LogP contribution in [0.1, 0.15) is 0 Å². The number of ether oxygens (including phenoxy) is 1. The number of alkyl halides is 5. The molecule has 0 heterocycles. The number of guanidine groups is 1. The van der Waals surface area contributed by atoms with Crippen LogP contribution in [-0.4, -0.2) is 25.3 Å². The summed E-state index contributed by atoms with van der Waals surface area (Å²) in [5.74, 6) is -0.969. The van der Waals surface area contributed by atoms with Gasteiger partial charge in [0.2, 0.25) is 0 Å². The van der Waals surface area contributed by atoms with Crippen LogP contribution >= 0.6 is 24.0 Å². The molecule has 4 nitrogen and oxygen atoms in total. The van der Waals surface area contributed by atoms with Crippen LogP contribution in [0.2, 0.25) is 0 Å². The number of nitrogens with zero attached hydrogens (tertiary/aromatic N) is 1. The number of rotatable bonds is 4. The maximum absolute atomic E-state index is 12.1. The molecule has 0 aromatic heterocycles. The van der Waals surface area contributed by atoms with E-state index in [1.807, 2.05) is 0 Å². The average molecular weight is 411 g/mol. The average Bonchev–Trinajstić information content (AvgIpc) is 2.27. The molecule has 0 unspecified atom stereocenters. The molecular formula is C10H11F5IN3O. The monoisotopic (exact) mass is 411 g/mol. The van der Waals surface area contributed by atoms with E-state index in [2.05, 4.69) is 15.0 Å². The first-order chi connectivity index (χ1) is 8.78. The van der Waals surface area contributed by atoms with Crippen molar-refractivity contribution in [2.24, 2.45) is 10.7 Å². The number of para-hydroxylation sites is 2. The van der Waals surface area contributed by atoms with Crippen LogP contribution in [0.25, 0.3) is 0 Å². The fourth-order valence-corrected chi connectivity index (χ4v) is 1.13. The molecule has 0 aliphatic rings. The van der Waals surface area contributed by atoms with Crippen LogP contribution in [0.5, 0.6) is 5.75 Å². The number of halogens is 6. The van der Waals surface area contributed by atoms with Crippen LogP contribution in [0, 0.1) is 0 Å². The van der Waals surface area contributed by atoms with Gasteiger partial charge in [-0.3, -0.25) is 0 Å². The van der Waals surface area contributed by atoms with Crippen LogP contribution in [0.15, 0.2) is 29.3 Å². The number of hydrogen-bond donors (Lipinski definition) is 2. The van der Waals surface area contributed by atoms with E-state index in [4.69, 9.17) is 5.73 Å². The van der Waals surface area contributed by atoms with Crippen molar-refractivity contribution in [3.05, 3.63) is 24.3 Å². The largest absolute Gasteiger partial charge is 0.573 e. The van der Waals surface area contributed by atoms with Gasteiger partial charge in [0.15, 0.2) is 11.7 Å². The van der Waals surface area contributed by atoms with Crippen LogP contribution < -0.4 is 15.8 Å². The Bertz CT molecular complexity index is 453. The second-order valence-electron chi connectivity index (χ2n) is 3.29. The molecule has 0 saturated heterocycles. The Labute approximate surface area is 128 Å². The highest BCUT2D eigenvalue weighted by Crippen LogP contribution is 2.29. The summed E-state index contributed by atoms with van der Waals surface area (Å²) in [5.41, 5.74) is 5.13. The predicted octanol–water partition coefficient (Wildman–Crippen LogP) is 3.19. The first-order valence-corrected chi connectivity index (χ1v) is 4.98. The summed E-state index contributed by atoms with van der Waals surface area (Å²) in [5, 5.41) is 2.26. The van der Waals surface area contributed by atoms with Gasteiger partial charge in [-0.05, 0) is 12.1 Å². The molecule has 10 heteroatoms. The van der Waals surface area contributed by atoms with Gasteiger partial charge in [-0.15, -0.1) is 37.1 Å². The summed E-state index contributed by atoms with van der Waals surface area (Å²) in [7, 11) is 0. The molecule has 0 atom stereocenters. The lowest BCUT2D eigenvalue weighted by molar-refractivity contribution is -0.274. The summed E-state index contributed by atoms with van der Waals surface area (Å²) >= 11 is 0. The molecule has 20 heavy (non-hydrogen) atoms. The molecule has 3 N–H and O–H groups in total. The fraction of sp³-hybridized carbons (Fsp3) is 0.300. The SMILES string of the molecule is I.NC(=NCC(F)F)Nc1ccccc1OC(F)(F)F. The Morgan fingerprint density at radius 1 is 1.30 bits per heavy atom. The third-order valence-electron chi connectivity index (χ3n) is 1.78. The summed E-state index contributed by atoms with van der Waals surface area (Å²) in [6.07, 6.45) is -7.56. The Hall–Kier alpha value is -1.33. The van der Waals surface area contributed by atoms with Crippen LogP contribution in [0.4, 0.5) is 27.6 Å². The smallest absolute Gasteiger partial charge is 0.404 e. The van der Waals surface area contributed by atoms with E-state index >= 15 is 0 Å². The third kappa shape index (κ3) is 7.31. The van der Waals surface area contributed by atoms with Gasteiger partial charge in [0.25, 0.3) is 6.43 Å². The fourth-order valence-electron chi connectivity index (χ4n) is 1.13. The van der Waals surface area contributed by atoms with Gasteiger partial charge < -0.3 is 15.8 Å². The molecule has 1 rings (SSSR count). The molecule has 0 radical (unpaired) electrons. The molecule has 0 amide bonds. The van der Waals surface area contributed by atoms with Gasteiger partial charge in [0, 0.05) is 0 Å². The van der Waals surface area contributed by atoms with Crippen molar-refractivity contribution in [3.8, 4) is 5.75 Å². The van der Waals surface area contributed by atoms with Crippen LogP contribution in [0.3, 0.4) is 0 Å². The highest BCUT2D eigenvalue weighted by atomic mass is 127. The quantitative estimate of drug-likeness (QED) is 0.347. The molecule has 0 fully saturated rings. The first kappa shape index (κ1) is 18.7. The van der Waals surface area contributed by atoms with E-state index < -0.39 is 31.0 Å². The zero-order valence-corrected chi connectivity index (χ0v) is 12.2. The number of aliphatic imine (C=N–C) groups is 1. The van der Waals surface area contributed by atoms with Crippen molar-refractivity contribution in [2.75, 3.05) is 11.9 Å². The summed E-state index contributed by atoms with van der Waals surface area (Å²) in [6.45, 7) is -0.846. The lowest BCUT2D eigenvalue weighted by atomic mass is 10.3. The maximum atomic E-state index is 12.1. The molecule has 0 aliphatic carbocycles. The Morgan fingerprint density at radius 3 is 2.45 bits per heavy atom. The Morgan fingerprint density at radius 2 is 1.90 bits per heavy atom. The molecule has 0 aliphatic heterocycles. The number of anilines is 1. The standard InChI is InChI=1S/C10H10F5N3O.HI/c11-8(12)5-17-9(16)18-6-3-1-2-4-7(6)19-10(13,14)15;/h1-4,8H,5H2,(H3,16,17,18);1H. The Balaban J connectivity index is 0.00000361. The minimum absolute atomic E-state index is 0. The van der Waals surface area contributed by atoms with Crippen molar-refractivity contribution in [1.29, 1.82) is 0 Å². The van der Waals surface area contributed by atoms with Gasteiger partial charge >= 0.3 is 6.36 Å². The zero-order chi connectivity index (χ0) is 14.5. The second kappa shape index (κ2) is 8.07. The highest BCUT2D eigenvalue weighted by molar-refractivity contribution is 14.0. The first-order valence-electron chi connectivity index (χ1n) is 4.98. The molecule has 0 saturated carbocycles. The van der Waals surface area contributed by atoms with E-state index in [0.29, 0.717) is 0 Å². The van der Waals surface area contributed by atoms with Gasteiger partial charge in [-0.2, -0.15) is 0 Å². The summed E-state index contributed by atoms with van der Waals surface area (Å²) in [6, 6.07) is 5.03. The van der Waals surface area contributed by atoms with Crippen molar-refractivity contribution >= 4 is 35.6 Å². The molecule has 1 aromatic carbocycles. The molecule has 1 aromatic rings. The predicted molar refractivity (Wildman–Crippen MR) is 74.7 cm³/mol. The normalized spacial score (nSPS) is 12.0. The molecule has 114 valence electrons. The maximum Gasteiger partial charge on any atom is 0.573 e. The topological polar surface area (TPSA) is 59.6 Å². The van der Waals surface area contributed by atoms with Crippen molar-refractivity contribution < 1.29 is 26.7 Å². The summed E-state index contributed by atoms with van der Waals surface area (Å²) in [4.78, 5) is 3.25. The van der Waals surface area contributed by atoms with E-state index in [1.165, 1.54) is 18.2 Å². The number of nitrogens with two attached hydrogens (primary N) is 1. The number of benzene rings is 1. The van der Waals surface area contributed by atoms with Gasteiger partial charge in [-0.1, -0.05) is 12.1 Å². The zero-order valence-electron chi connectivity index (χ0n) is 9.82. The minimum Gasteiger partial charge on any atom is -0.404 e. The van der Waals surface area contributed by atoms with E-state index in [0.717, 1.165) is 6.07 Å². The van der Waals surface area contributed by atoms with Gasteiger partial charge in [0.05, 0.1) is 5.69 Å². The number of nitrogens with one attached hydrogen (secondary N) is 1. The van der Waals surface area contributed by atoms with Crippen molar-refractivity contribution in [2.45, 2.75) is 12.8 Å². The number of hydrogen-bond acceptors (Lipinski definition) is 2. The van der Waals surface area contributed by atoms with Crippen LogP contribution in [-0.2, 0) is 0 Å². The lowest BCUT2D eigenvalue weighted by Gasteiger charge is -2.14. The summed E-state index contributed by atoms with van der Waals surface area (Å²) < 4.78 is 63.8. The molecule has 0 bridgehead atoms. The second-order valence-corrected chi connectivity index (χ2v) is 3.29. The molecular weight excluding hydrogens is 400 g/mol. The Kier molecular flexibility index (Phi) is 7.53. The third-order valence-corrected chi connectivity index (χ3v) is 1.78. The van der Waals surface area contributed by atoms with Crippen molar-refractivity contribution in [3.63, 3.8) is 0 Å². The molecule has 0 spiro atoms.